The van der Waals surface area contributed by atoms with Crippen molar-refractivity contribution in [1.29, 1.82) is 0 Å². The molecule has 0 bridgehead atoms. The third-order valence-corrected chi connectivity index (χ3v) is 5.13. The molecule has 2 N–H and O–H groups in total. The molecule has 0 unspecified atom stereocenters. The van der Waals surface area contributed by atoms with Gasteiger partial charge in [-0.05, 0) is 63.3 Å². The van der Waals surface area contributed by atoms with Gasteiger partial charge < -0.3 is 15.4 Å². The van der Waals surface area contributed by atoms with Gasteiger partial charge in [-0.15, -0.1) is 0 Å². The van der Waals surface area contributed by atoms with E-state index in [0.29, 0.717) is 11.4 Å². The van der Waals surface area contributed by atoms with E-state index in [1.54, 1.807) is 19.2 Å². The number of benzene rings is 1. The van der Waals surface area contributed by atoms with Crippen molar-refractivity contribution < 1.29 is 18.7 Å². The van der Waals surface area contributed by atoms with Crippen LogP contribution in [0.3, 0.4) is 0 Å². The summed E-state index contributed by atoms with van der Waals surface area (Å²) in [7, 11) is 1.55. The van der Waals surface area contributed by atoms with Crippen LogP contribution >= 0.6 is 0 Å². The molecule has 0 aliphatic heterocycles. The van der Waals surface area contributed by atoms with E-state index >= 15 is 0 Å². The predicted octanol–water partition coefficient (Wildman–Crippen LogP) is 3.99. The summed E-state index contributed by atoms with van der Waals surface area (Å²) in [5, 5.41) is 5.52. The second-order valence-electron chi connectivity index (χ2n) is 9.06. The van der Waals surface area contributed by atoms with Crippen LogP contribution in [0.2, 0.25) is 0 Å². The first-order valence-electron chi connectivity index (χ1n) is 9.96. The molecule has 1 aliphatic carbocycles. The van der Waals surface area contributed by atoms with Gasteiger partial charge >= 0.3 is 0 Å². The zero-order valence-corrected chi connectivity index (χ0v) is 18.1. The Morgan fingerprint density at radius 3 is 2.53 bits per heavy atom. The maximum absolute atomic E-state index is 14.7. The molecule has 0 radical (unpaired) electrons. The molecule has 160 valence electrons. The van der Waals surface area contributed by atoms with Crippen molar-refractivity contribution in [2.24, 2.45) is 0 Å². The first-order chi connectivity index (χ1) is 14.0. The minimum atomic E-state index is -0.422. The topological polar surface area (TPSA) is 80.3 Å². The largest absolute Gasteiger partial charge is 0.496 e. The van der Waals surface area contributed by atoms with Crippen molar-refractivity contribution in [3.05, 3.63) is 53.1 Å². The van der Waals surface area contributed by atoms with Crippen molar-refractivity contribution in [3.63, 3.8) is 0 Å². The third kappa shape index (κ3) is 5.14. The van der Waals surface area contributed by atoms with Crippen LogP contribution in [-0.4, -0.2) is 29.4 Å². The molecule has 1 saturated carbocycles. The number of nitrogens with one attached hydrogen (secondary N) is 2. The Kier molecular flexibility index (Phi) is 5.83. The Bertz CT molecular complexity index is 978. The molecule has 0 saturated heterocycles. The van der Waals surface area contributed by atoms with Gasteiger partial charge in [-0.25, -0.2) is 4.39 Å². The highest BCUT2D eigenvalue weighted by Gasteiger charge is 2.41. The number of aromatic nitrogens is 1. The first kappa shape index (κ1) is 21.7. The van der Waals surface area contributed by atoms with E-state index in [-0.39, 0.29) is 29.0 Å². The van der Waals surface area contributed by atoms with Gasteiger partial charge in [0, 0.05) is 28.6 Å². The number of carbonyl (C=O) groups is 2. The van der Waals surface area contributed by atoms with E-state index in [1.165, 1.54) is 18.3 Å². The molecule has 7 heteroatoms. The normalized spacial score (nSPS) is 14.7. The van der Waals surface area contributed by atoms with Gasteiger partial charge in [0.15, 0.2) is 0 Å². The minimum Gasteiger partial charge on any atom is -0.496 e. The van der Waals surface area contributed by atoms with Gasteiger partial charge in [-0.1, -0.05) is 6.92 Å². The summed E-state index contributed by atoms with van der Waals surface area (Å²) in [6.07, 6.45) is 3.29. The van der Waals surface area contributed by atoms with Crippen LogP contribution in [-0.2, 0) is 16.6 Å². The molecule has 30 heavy (non-hydrogen) atoms. The average Bonchev–Trinajstić information content (AvgIpc) is 3.40. The smallest absolute Gasteiger partial charge is 0.270 e. The SMILES string of the molecule is COc1cc(CC(=O)Nc2ccnc(C(=O)NC(C)(C)C)c2)c(F)cc1C1(C)CC1. The number of amides is 2. The highest BCUT2D eigenvalue weighted by molar-refractivity contribution is 5.96. The van der Waals surface area contributed by atoms with E-state index in [9.17, 15) is 14.0 Å². The zero-order chi connectivity index (χ0) is 22.1. The maximum atomic E-state index is 14.7. The molecule has 3 rings (SSSR count). The zero-order valence-electron chi connectivity index (χ0n) is 18.1. The lowest BCUT2D eigenvalue weighted by atomic mass is 9.94. The number of carbonyl (C=O) groups excluding carboxylic acids is 2. The molecule has 6 nitrogen and oxygen atoms in total. The van der Waals surface area contributed by atoms with Crippen LogP contribution < -0.4 is 15.4 Å². The van der Waals surface area contributed by atoms with Crippen molar-refractivity contribution in [3.8, 4) is 5.75 Å². The molecule has 1 aromatic carbocycles. The Morgan fingerprint density at radius 2 is 1.93 bits per heavy atom. The van der Waals surface area contributed by atoms with E-state index in [0.717, 1.165) is 18.4 Å². The Hall–Kier alpha value is -2.96. The molecule has 0 atom stereocenters. The van der Waals surface area contributed by atoms with E-state index < -0.39 is 17.3 Å². The van der Waals surface area contributed by atoms with Crippen LogP contribution in [0.15, 0.2) is 30.5 Å². The number of methoxy groups -OCH3 is 1. The molecule has 0 spiro atoms. The van der Waals surface area contributed by atoms with E-state index in [1.807, 2.05) is 20.8 Å². The molecule has 1 heterocycles. The van der Waals surface area contributed by atoms with Gasteiger partial charge in [0.25, 0.3) is 5.91 Å². The van der Waals surface area contributed by atoms with Gasteiger partial charge in [0.2, 0.25) is 5.91 Å². The molecule has 1 aromatic heterocycles. The number of pyridine rings is 1. The van der Waals surface area contributed by atoms with Gasteiger partial charge in [-0.3, -0.25) is 14.6 Å². The average molecular weight is 413 g/mol. The van der Waals surface area contributed by atoms with Crippen molar-refractivity contribution in [2.75, 3.05) is 12.4 Å². The molecule has 1 aliphatic rings. The number of ether oxygens (including phenoxy) is 1. The van der Waals surface area contributed by atoms with Crippen LogP contribution in [0.25, 0.3) is 0 Å². The number of anilines is 1. The van der Waals surface area contributed by atoms with Crippen LogP contribution in [0, 0.1) is 5.82 Å². The van der Waals surface area contributed by atoms with Gasteiger partial charge in [0.1, 0.15) is 17.3 Å². The van der Waals surface area contributed by atoms with E-state index in [2.05, 4.69) is 22.5 Å². The predicted molar refractivity (Wildman–Crippen MR) is 113 cm³/mol. The Morgan fingerprint density at radius 1 is 1.23 bits per heavy atom. The number of halogens is 1. The van der Waals surface area contributed by atoms with Gasteiger partial charge in [0.05, 0.1) is 13.5 Å². The first-order valence-corrected chi connectivity index (χ1v) is 9.96. The molecule has 1 fully saturated rings. The van der Waals surface area contributed by atoms with Crippen LogP contribution in [0.1, 0.15) is 62.2 Å². The third-order valence-electron chi connectivity index (χ3n) is 5.13. The molecule has 2 amide bonds. The monoisotopic (exact) mass is 413 g/mol. The van der Waals surface area contributed by atoms with Crippen LogP contribution in [0.4, 0.5) is 10.1 Å². The second kappa shape index (κ2) is 8.05. The summed E-state index contributed by atoms with van der Waals surface area (Å²) >= 11 is 0. The second-order valence-corrected chi connectivity index (χ2v) is 9.06. The van der Waals surface area contributed by atoms with Gasteiger partial charge in [-0.2, -0.15) is 0 Å². The number of hydrogen-bond acceptors (Lipinski definition) is 4. The number of rotatable bonds is 6. The number of hydrogen-bond donors (Lipinski definition) is 2. The van der Waals surface area contributed by atoms with Crippen molar-refractivity contribution >= 4 is 17.5 Å². The highest BCUT2D eigenvalue weighted by Crippen LogP contribution is 2.51. The van der Waals surface area contributed by atoms with Crippen molar-refractivity contribution in [1.82, 2.24) is 10.3 Å². The quantitative estimate of drug-likeness (QED) is 0.750. The lowest BCUT2D eigenvalue weighted by molar-refractivity contribution is -0.115. The fourth-order valence-corrected chi connectivity index (χ4v) is 3.24. The standard InChI is InChI=1S/C23H28FN3O3/c1-22(2,3)27-21(29)18-12-15(6-9-25-18)26-20(28)11-14-10-19(30-5)16(13-17(14)24)23(4)7-8-23/h6,9-10,12-13H,7-8,11H2,1-5H3,(H,27,29)(H,25,26,28). The lowest BCUT2D eigenvalue weighted by Crippen LogP contribution is -2.40. The molecular formula is C23H28FN3O3. The summed E-state index contributed by atoms with van der Waals surface area (Å²) in [5.41, 5.74) is 1.26. The van der Waals surface area contributed by atoms with E-state index in [4.69, 9.17) is 4.74 Å². The fraction of sp³-hybridized carbons (Fsp3) is 0.435. The molecular weight excluding hydrogens is 385 g/mol. The highest BCUT2D eigenvalue weighted by atomic mass is 19.1. The number of nitrogens with zero attached hydrogens (tertiary/aromatic N) is 1. The maximum Gasteiger partial charge on any atom is 0.270 e. The lowest BCUT2D eigenvalue weighted by Gasteiger charge is -2.20. The summed E-state index contributed by atoms with van der Waals surface area (Å²) < 4.78 is 20.1. The summed E-state index contributed by atoms with van der Waals surface area (Å²) in [6.45, 7) is 7.68. The van der Waals surface area contributed by atoms with Crippen molar-refractivity contribution in [2.45, 2.75) is 57.9 Å². The fourth-order valence-electron chi connectivity index (χ4n) is 3.24. The van der Waals surface area contributed by atoms with Crippen LogP contribution in [0.5, 0.6) is 5.75 Å². The summed E-state index contributed by atoms with van der Waals surface area (Å²) in [5.74, 6) is -0.549. The molecule has 2 aromatic rings. The Balaban J connectivity index is 1.72. The summed E-state index contributed by atoms with van der Waals surface area (Å²) in [4.78, 5) is 28.8. The minimum absolute atomic E-state index is 0.0476. The summed E-state index contributed by atoms with van der Waals surface area (Å²) in [6, 6.07) is 6.16. The Labute approximate surface area is 176 Å².